The summed E-state index contributed by atoms with van der Waals surface area (Å²) < 4.78 is 1.52. The van der Waals surface area contributed by atoms with E-state index in [0.717, 1.165) is 0 Å². The Morgan fingerprint density at radius 2 is 1.90 bits per heavy atom. The first-order valence-corrected chi connectivity index (χ1v) is 9.18. The van der Waals surface area contributed by atoms with Crippen LogP contribution < -0.4 is 22.9 Å². The van der Waals surface area contributed by atoms with Gasteiger partial charge in [0.15, 0.2) is 17.2 Å². The molecule has 0 aliphatic carbocycles. The van der Waals surface area contributed by atoms with E-state index in [9.17, 15) is 14.4 Å². The van der Waals surface area contributed by atoms with Crippen molar-refractivity contribution in [2.75, 3.05) is 31.9 Å². The predicted octanol–water partition coefficient (Wildman–Crippen LogP) is -2.35. The first kappa shape index (κ1) is 22.3. The number of nitrogen functional groups attached to an aromatic ring is 1. The van der Waals surface area contributed by atoms with Gasteiger partial charge in [0.25, 0.3) is 0 Å². The van der Waals surface area contributed by atoms with Crippen molar-refractivity contribution in [3.63, 3.8) is 0 Å². The van der Waals surface area contributed by atoms with Crippen molar-refractivity contribution in [3.05, 3.63) is 12.7 Å². The number of rotatable bonds is 11. The number of fused-ring (bicyclic) bond motifs is 1. The van der Waals surface area contributed by atoms with Gasteiger partial charge in [0.1, 0.15) is 24.2 Å². The van der Waals surface area contributed by atoms with E-state index in [1.807, 2.05) is 0 Å². The molecule has 2 atom stereocenters. The van der Waals surface area contributed by atoms with Crippen LogP contribution in [0.15, 0.2) is 12.7 Å². The van der Waals surface area contributed by atoms with Crippen LogP contribution in [0.25, 0.3) is 11.2 Å². The van der Waals surface area contributed by atoms with E-state index in [0.29, 0.717) is 11.2 Å². The van der Waals surface area contributed by atoms with E-state index < -0.39 is 12.0 Å². The van der Waals surface area contributed by atoms with Crippen LogP contribution in [-0.2, 0) is 20.9 Å². The summed E-state index contributed by atoms with van der Waals surface area (Å²) in [5, 5.41) is 0. The molecule has 2 heterocycles. The fourth-order valence-corrected chi connectivity index (χ4v) is 3.02. The first-order valence-electron chi connectivity index (χ1n) is 9.18. The molecule has 0 bridgehead atoms. The number of ketones is 2. The second kappa shape index (κ2) is 10.0. The zero-order valence-electron chi connectivity index (χ0n) is 16.3. The molecule has 2 unspecified atom stereocenters. The van der Waals surface area contributed by atoms with Crippen molar-refractivity contribution in [2.24, 2.45) is 23.1 Å². The van der Waals surface area contributed by atoms with E-state index in [-0.39, 0.29) is 62.4 Å². The standard InChI is InChI=1S/C17H27N9O3/c1-10(27)14(20)11(2-3-18)12(28)6-25(5-4-19)13(29)7-26-9-24-15-16(21)22-8-23-17(15)26/h8-9,11,14H,2-7,18-20H2,1H3,(H2,21,22,23). The van der Waals surface area contributed by atoms with Crippen molar-refractivity contribution >= 4 is 34.5 Å². The maximum absolute atomic E-state index is 12.8. The third kappa shape index (κ3) is 5.31. The Balaban J connectivity index is 2.16. The highest BCUT2D eigenvalue weighted by Crippen LogP contribution is 2.15. The van der Waals surface area contributed by atoms with Crippen molar-refractivity contribution < 1.29 is 14.4 Å². The Morgan fingerprint density at radius 3 is 2.52 bits per heavy atom. The van der Waals surface area contributed by atoms with Gasteiger partial charge in [-0.25, -0.2) is 15.0 Å². The number of Topliss-reactive ketones (excluding diaryl/α,β-unsaturated/α-hetero) is 2. The number of imidazole rings is 1. The first-order chi connectivity index (χ1) is 13.8. The van der Waals surface area contributed by atoms with Crippen LogP contribution in [0.2, 0.25) is 0 Å². The molecule has 2 rings (SSSR count). The molecule has 158 valence electrons. The number of amides is 1. The Labute approximate surface area is 167 Å². The SMILES string of the molecule is CC(=O)C(N)C(CCN)C(=O)CN(CCN)C(=O)Cn1cnc2c(N)ncnc21. The number of carbonyl (C=O) groups is 3. The van der Waals surface area contributed by atoms with Gasteiger partial charge in [-0.2, -0.15) is 0 Å². The molecule has 0 radical (unpaired) electrons. The maximum atomic E-state index is 12.8. The molecule has 29 heavy (non-hydrogen) atoms. The van der Waals surface area contributed by atoms with Crippen LogP contribution in [0.1, 0.15) is 13.3 Å². The molecule has 0 fully saturated rings. The van der Waals surface area contributed by atoms with Gasteiger partial charge in [-0.3, -0.25) is 14.4 Å². The topological polar surface area (TPSA) is 202 Å². The molecule has 8 N–H and O–H groups in total. The van der Waals surface area contributed by atoms with E-state index in [2.05, 4.69) is 15.0 Å². The van der Waals surface area contributed by atoms with Gasteiger partial charge in [0.2, 0.25) is 5.91 Å². The summed E-state index contributed by atoms with van der Waals surface area (Å²) in [5.41, 5.74) is 23.6. The number of nitrogens with zero attached hydrogens (tertiary/aromatic N) is 5. The largest absolute Gasteiger partial charge is 0.382 e. The second-order valence-corrected chi connectivity index (χ2v) is 6.69. The van der Waals surface area contributed by atoms with Crippen LogP contribution in [0.5, 0.6) is 0 Å². The highest BCUT2D eigenvalue weighted by molar-refractivity contribution is 5.93. The highest BCUT2D eigenvalue weighted by atomic mass is 16.2. The van der Waals surface area contributed by atoms with Gasteiger partial charge in [0, 0.05) is 19.0 Å². The lowest BCUT2D eigenvalue weighted by Crippen LogP contribution is -2.48. The van der Waals surface area contributed by atoms with E-state index in [4.69, 9.17) is 22.9 Å². The molecule has 0 aliphatic rings. The molecular formula is C17H27N9O3. The quantitative estimate of drug-likeness (QED) is 0.313. The lowest BCUT2D eigenvalue weighted by molar-refractivity contribution is -0.137. The predicted molar refractivity (Wildman–Crippen MR) is 106 cm³/mol. The Kier molecular flexibility index (Phi) is 7.70. The van der Waals surface area contributed by atoms with Crippen molar-refractivity contribution in [1.82, 2.24) is 24.4 Å². The third-order valence-corrected chi connectivity index (χ3v) is 4.63. The van der Waals surface area contributed by atoms with Crippen molar-refractivity contribution in [1.29, 1.82) is 0 Å². The molecule has 1 amide bonds. The summed E-state index contributed by atoms with van der Waals surface area (Å²) in [4.78, 5) is 50.6. The van der Waals surface area contributed by atoms with Gasteiger partial charge in [-0.05, 0) is 19.9 Å². The molecule has 12 heteroatoms. The van der Waals surface area contributed by atoms with Gasteiger partial charge < -0.3 is 32.4 Å². The molecule has 2 aromatic heterocycles. The Bertz CT molecular complexity index is 882. The summed E-state index contributed by atoms with van der Waals surface area (Å²) in [7, 11) is 0. The summed E-state index contributed by atoms with van der Waals surface area (Å²) in [6.45, 7) is 1.52. The molecule has 0 saturated heterocycles. The van der Waals surface area contributed by atoms with Gasteiger partial charge in [-0.15, -0.1) is 0 Å². The molecule has 0 aromatic carbocycles. The normalized spacial score (nSPS) is 13.2. The zero-order chi connectivity index (χ0) is 21.6. The minimum Gasteiger partial charge on any atom is -0.382 e. The second-order valence-electron chi connectivity index (χ2n) is 6.69. The molecule has 0 aliphatic heterocycles. The molecule has 0 saturated carbocycles. The Hall–Kier alpha value is -2.96. The number of nitrogens with two attached hydrogens (primary N) is 4. The average molecular weight is 405 g/mol. The number of hydrogen-bond acceptors (Lipinski definition) is 10. The van der Waals surface area contributed by atoms with Crippen LogP contribution in [0, 0.1) is 5.92 Å². The van der Waals surface area contributed by atoms with Crippen molar-refractivity contribution in [2.45, 2.75) is 25.9 Å². The summed E-state index contributed by atoms with van der Waals surface area (Å²) in [6, 6.07) is -0.960. The third-order valence-electron chi connectivity index (χ3n) is 4.63. The average Bonchev–Trinajstić information content (AvgIpc) is 3.09. The Morgan fingerprint density at radius 1 is 1.17 bits per heavy atom. The molecular weight excluding hydrogens is 378 g/mol. The minimum atomic E-state index is -0.960. The summed E-state index contributed by atoms with van der Waals surface area (Å²) >= 11 is 0. The monoisotopic (exact) mass is 405 g/mol. The smallest absolute Gasteiger partial charge is 0.243 e. The van der Waals surface area contributed by atoms with Crippen LogP contribution in [-0.4, -0.2) is 74.1 Å². The number of hydrogen-bond donors (Lipinski definition) is 4. The zero-order valence-corrected chi connectivity index (χ0v) is 16.3. The fourth-order valence-electron chi connectivity index (χ4n) is 3.02. The lowest BCUT2D eigenvalue weighted by atomic mass is 9.89. The van der Waals surface area contributed by atoms with Crippen LogP contribution in [0.4, 0.5) is 5.82 Å². The van der Waals surface area contributed by atoms with E-state index >= 15 is 0 Å². The van der Waals surface area contributed by atoms with Crippen molar-refractivity contribution in [3.8, 4) is 0 Å². The molecule has 12 nitrogen and oxygen atoms in total. The van der Waals surface area contributed by atoms with E-state index in [1.165, 1.54) is 29.0 Å². The lowest BCUT2D eigenvalue weighted by Gasteiger charge is -2.26. The number of aromatic nitrogens is 4. The number of anilines is 1. The molecule has 0 spiro atoms. The number of carbonyl (C=O) groups excluding carboxylic acids is 3. The highest BCUT2D eigenvalue weighted by Gasteiger charge is 2.30. The van der Waals surface area contributed by atoms with Gasteiger partial charge in [0.05, 0.1) is 18.9 Å². The van der Waals surface area contributed by atoms with Gasteiger partial charge >= 0.3 is 0 Å². The minimum absolute atomic E-state index is 0.111. The summed E-state index contributed by atoms with van der Waals surface area (Å²) in [6.07, 6.45) is 2.97. The summed E-state index contributed by atoms with van der Waals surface area (Å²) in [5.74, 6) is -1.55. The van der Waals surface area contributed by atoms with Crippen LogP contribution >= 0.6 is 0 Å². The van der Waals surface area contributed by atoms with Crippen LogP contribution in [0.3, 0.4) is 0 Å². The molecule has 2 aromatic rings. The fraction of sp³-hybridized carbons (Fsp3) is 0.529. The van der Waals surface area contributed by atoms with E-state index in [1.54, 1.807) is 0 Å². The maximum Gasteiger partial charge on any atom is 0.243 e. The van der Waals surface area contributed by atoms with Gasteiger partial charge in [-0.1, -0.05) is 0 Å².